The maximum Gasteiger partial charge on any atom is 0.258 e. The number of piperazine rings is 1. The number of aromatic nitrogens is 2. The Labute approximate surface area is 256 Å². The second-order valence-electron chi connectivity index (χ2n) is 11.9. The highest BCUT2D eigenvalue weighted by Crippen LogP contribution is 2.44. The van der Waals surface area contributed by atoms with Crippen molar-refractivity contribution in [2.24, 2.45) is 0 Å². The Hall–Kier alpha value is -3.59. The van der Waals surface area contributed by atoms with Gasteiger partial charge in [0.15, 0.2) is 5.82 Å². The van der Waals surface area contributed by atoms with E-state index in [1.807, 2.05) is 19.1 Å². The summed E-state index contributed by atoms with van der Waals surface area (Å²) in [5, 5.41) is 13.5. The molecular weight excluding hydrogens is 592 g/mol. The number of hydrogen-bond acceptors (Lipinski definition) is 8. The second-order valence-corrected chi connectivity index (χ2v) is 13.8. The van der Waals surface area contributed by atoms with E-state index < -0.39 is 38.0 Å². The van der Waals surface area contributed by atoms with Gasteiger partial charge in [-0.1, -0.05) is 0 Å². The highest BCUT2D eigenvalue weighted by molar-refractivity contribution is 7.89. The number of rotatable bonds is 10. The molecule has 3 heterocycles. The molecule has 1 saturated heterocycles. The van der Waals surface area contributed by atoms with Gasteiger partial charge in [0.2, 0.25) is 10.0 Å². The first-order chi connectivity index (χ1) is 20.8. The molecule has 0 unspecified atom stereocenters. The van der Waals surface area contributed by atoms with E-state index in [0.29, 0.717) is 35.2 Å². The number of carbonyl (C=O) groups is 1. The van der Waals surface area contributed by atoms with E-state index in [1.165, 1.54) is 0 Å². The predicted octanol–water partition coefficient (Wildman–Crippen LogP) is 3.97. The van der Waals surface area contributed by atoms with Crippen LogP contribution in [-0.4, -0.2) is 86.7 Å². The number of H-pyrrole nitrogens is 1. The summed E-state index contributed by atoms with van der Waals surface area (Å²) in [5.41, 5.74) is 1.88. The van der Waals surface area contributed by atoms with Gasteiger partial charge in [0.05, 0.1) is 21.7 Å². The SMILES string of the molecule is COCC[C@H](C)Nc1cc(N2CCN(C)CC2)ccc1C(=O)Nc1n[nH]c2c1CN(S(=O)(=O)c1cc(F)cc(F)c1)C2(C)C. The molecule has 0 bridgehead atoms. The summed E-state index contributed by atoms with van der Waals surface area (Å²) in [7, 11) is -0.568. The van der Waals surface area contributed by atoms with Crippen LogP contribution in [0.1, 0.15) is 48.8 Å². The monoisotopic (exact) mass is 631 g/mol. The molecule has 3 N–H and O–H groups in total. The summed E-state index contributed by atoms with van der Waals surface area (Å²) in [6.45, 7) is 9.38. The lowest BCUT2D eigenvalue weighted by Crippen LogP contribution is -2.44. The molecule has 44 heavy (non-hydrogen) atoms. The molecule has 1 aromatic heterocycles. The molecule has 0 spiro atoms. The first-order valence-corrected chi connectivity index (χ1v) is 16.0. The van der Waals surface area contributed by atoms with Crippen molar-refractivity contribution < 1.29 is 26.7 Å². The first kappa shape index (κ1) is 31.8. The van der Waals surface area contributed by atoms with E-state index in [0.717, 1.165) is 54.7 Å². The van der Waals surface area contributed by atoms with E-state index >= 15 is 0 Å². The number of aromatic amines is 1. The fourth-order valence-electron chi connectivity index (χ4n) is 5.70. The van der Waals surface area contributed by atoms with Crippen LogP contribution in [0.4, 0.5) is 26.0 Å². The molecule has 2 aromatic carbocycles. The summed E-state index contributed by atoms with van der Waals surface area (Å²) in [6, 6.07) is 7.90. The Morgan fingerprint density at radius 1 is 1.11 bits per heavy atom. The number of sulfonamides is 1. The Morgan fingerprint density at radius 2 is 1.80 bits per heavy atom. The molecule has 0 aliphatic carbocycles. The molecule has 5 rings (SSSR count). The number of likely N-dealkylation sites (N-methyl/N-ethyl adjacent to an activating group) is 1. The van der Waals surface area contributed by atoms with Crippen LogP contribution in [0.3, 0.4) is 0 Å². The average molecular weight is 632 g/mol. The fourth-order valence-corrected chi connectivity index (χ4v) is 7.47. The Balaban J connectivity index is 1.41. The summed E-state index contributed by atoms with van der Waals surface area (Å²) >= 11 is 0. The minimum atomic E-state index is -4.31. The number of nitrogens with zero attached hydrogens (tertiary/aromatic N) is 4. The van der Waals surface area contributed by atoms with Gasteiger partial charge in [-0.3, -0.25) is 9.89 Å². The summed E-state index contributed by atoms with van der Waals surface area (Å²) < 4.78 is 61.3. The molecular formula is C30H39F2N7O4S. The maximum absolute atomic E-state index is 13.9. The molecule has 1 fully saturated rings. The molecule has 0 radical (unpaired) electrons. The van der Waals surface area contributed by atoms with Crippen molar-refractivity contribution in [3.8, 4) is 0 Å². The van der Waals surface area contributed by atoms with Crippen LogP contribution in [0.25, 0.3) is 0 Å². The normalized spacial score (nSPS) is 17.8. The van der Waals surface area contributed by atoms with Gasteiger partial charge in [-0.15, -0.1) is 0 Å². The van der Waals surface area contributed by atoms with Crippen LogP contribution in [0.15, 0.2) is 41.3 Å². The average Bonchev–Trinajstić information content (AvgIpc) is 3.49. The van der Waals surface area contributed by atoms with Gasteiger partial charge in [-0.25, -0.2) is 17.2 Å². The molecule has 0 saturated carbocycles. The zero-order valence-corrected chi connectivity index (χ0v) is 26.4. The van der Waals surface area contributed by atoms with Crippen LogP contribution < -0.4 is 15.5 Å². The largest absolute Gasteiger partial charge is 0.385 e. The first-order valence-electron chi connectivity index (χ1n) is 14.5. The summed E-state index contributed by atoms with van der Waals surface area (Å²) in [6.07, 6.45) is 0.734. The van der Waals surface area contributed by atoms with Crippen LogP contribution in [0.2, 0.25) is 0 Å². The highest BCUT2D eigenvalue weighted by atomic mass is 32.2. The zero-order chi connectivity index (χ0) is 31.8. The molecule has 3 aromatic rings. The lowest BCUT2D eigenvalue weighted by molar-refractivity contribution is 0.102. The number of fused-ring (bicyclic) bond motifs is 1. The van der Waals surface area contributed by atoms with Gasteiger partial charge >= 0.3 is 0 Å². The zero-order valence-electron chi connectivity index (χ0n) is 25.6. The third kappa shape index (κ3) is 6.29. The standard InChI is InChI=1S/C30H39F2N7O4S/c1-19(8-13-43-5)33-26-17-22(38-11-9-37(4)10-12-38)6-7-24(26)29(40)34-28-25-18-39(30(2,3)27(25)35-36-28)44(41,42)23-15-20(31)14-21(32)16-23/h6-7,14-17,19,33H,8-13,18H2,1-5H3,(H2,34,35,36,40)/t19-/m0/s1. The lowest BCUT2D eigenvalue weighted by Gasteiger charge is -2.34. The van der Waals surface area contributed by atoms with Crippen molar-refractivity contribution in [2.75, 3.05) is 62.5 Å². The number of nitrogens with one attached hydrogen (secondary N) is 3. The highest BCUT2D eigenvalue weighted by Gasteiger charge is 2.48. The minimum Gasteiger partial charge on any atom is -0.385 e. The third-order valence-corrected chi connectivity index (χ3v) is 10.3. The van der Waals surface area contributed by atoms with Crippen molar-refractivity contribution in [2.45, 2.75) is 50.2 Å². The van der Waals surface area contributed by atoms with Gasteiger partial charge in [0.25, 0.3) is 5.91 Å². The topological polar surface area (TPSA) is 123 Å². The molecule has 11 nitrogen and oxygen atoms in total. The molecule has 14 heteroatoms. The number of hydrogen-bond donors (Lipinski definition) is 3. The number of amides is 1. The van der Waals surface area contributed by atoms with E-state index in [9.17, 15) is 22.0 Å². The van der Waals surface area contributed by atoms with E-state index in [4.69, 9.17) is 4.74 Å². The van der Waals surface area contributed by atoms with Crippen molar-refractivity contribution >= 4 is 33.1 Å². The van der Waals surface area contributed by atoms with Gasteiger partial charge in [0, 0.05) is 75.5 Å². The van der Waals surface area contributed by atoms with Crippen LogP contribution in [-0.2, 0) is 26.8 Å². The minimum absolute atomic E-state index is 0.0195. The van der Waals surface area contributed by atoms with Crippen LogP contribution in [0.5, 0.6) is 0 Å². The van der Waals surface area contributed by atoms with Crippen molar-refractivity contribution in [3.05, 3.63) is 64.9 Å². The second kappa shape index (κ2) is 12.4. The van der Waals surface area contributed by atoms with E-state index in [2.05, 4.69) is 37.7 Å². The van der Waals surface area contributed by atoms with Crippen molar-refractivity contribution in [1.82, 2.24) is 19.4 Å². The van der Waals surface area contributed by atoms with Gasteiger partial charge in [-0.05, 0) is 64.6 Å². The van der Waals surface area contributed by atoms with Gasteiger partial charge in [0.1, 0.15) is 11.6 Å². The molecule has 1 amide bonds. The Morgan fingerprint density at radius 3 is 2.45 bits per heavy atom. The lowest BCUT2D eigenvalue weighted by atomic mass is 10.0. The number of ether oxygens (including phenoxy) is 1. The maximum atomic E-state index is 13.9. The summed E-state index contributed by atoms with van der Waals surface area (Å²) in [5.74, 6) is -2.22. The molecule has 238 valence electrons. The Bertz CT molecular complexity index is 1620. The number of benzene rings is 2. The van der Waals surface area contributed by atoms with Crippen molar-refractivity contribution in [1.29, 1.82) is 0 Å². The predicted molar refractivity (Wildman–Crippen MR) is 164 cm³/mol. The van der Waals surface area contributed by atoms with E-state index in [-0.39, 0.29) is 18.4 Å². The number of halogens is 2. The number of carbonyl (C=O) groups excluding carboxylic acids is 1. The smallest absolute Gasteiger partial charge is 0.258 e. The molecule has 2 aliphatic heterocycles. The third-order valence-electron chi connectivity index (χ3n) is 8.33. The molecule has 1 atom stereocenters. The van der Waals surface area contributed by atoms with Crippen LogP contribution in [0, 0.1) is 11.6 Å². The summed E-state index contributed by atoms with van der Waals surface area (Å²) in [4.78, 5) is 17.8. The fraction of sp³-hybridized carbons (Fsp3) is 0.467. The number of methoxy groups -OCH3 is 1. The number of anilines is 3. The molecule has 2 aliphatic rings. The van der Waals surface area contributed by atoms with E-state index in [1.54, 1.807) is 27.0 Å². The van der Waals surface area contributed by atoms with Gasteiger partial charge in [-0.2, -0.15) is 9.40 Å². The van der Waals surface area contributed by atoms with Crippen molar-refractivity contribution in [3.63, 3.8) is 0 Å². The Kier molecular flexibility index (Phi) is 8.99. The van der Waals surface area contributed by atoms with Gasteiger partial charge < -0.3 is 25.2 Å². The van der Waals surface area contributed by atoms with Crippen LogP contribution >= 0.6 is 0 Å². The quantitative estimate of drug-likeness (QED) is 0.307.